The second-order valence-electron chi connectivity index (χ2n) is 6.55. The molecule has 0 atom stereocenters. The maximum Gasteiger partial charge on any atom is 0.417 e. The monoisotopic (exact) mass is 440 g/mol. The van der Waals surface area contributed by atoms with Crippen LogP contribution in [-0.4, -0.2) is 41.6 Å². The van der Waals surface area contributed by atoms with E-state index in [0.717, 1.165) is 11.0 Å². The van der Waals surface area contributed by atoms with Gasteiger partial charge in [0, 0.05) is 18.5 Å². The number of carbonyl (C=O) groups is 1. The van der Waals surface area contributed by atoms with Gasteiger partial charge in [-0.2, -0.15) is 13.2 Å². The molecule has 0 spiro atoms. The van der Waals surface area contributed by atoms with Gasteiger partial charge in [-0.15, -0.1) is 0 Å². The molecule has 0 unspecified atom stereocenters. The van der Waals surface area contributed by atoms with Crippen molar-refractivity contribution in [1.82, 2.24) is 14.4 Å². The molecule has 1 amide bonds. The summed E-state index contributed by atoms with van der Waals surface area (Å²) in [7, 11) is -2.41. The second-order valence-corrected chi connectivity index (χ2v) is 8.74. The number of aromatic nitrogens is 3. The van der Waals surface area contributed by atoms with E-state index < -0.39 is 27.5 Å². The number of halogens is 3. The number of amides is 1. The molecule has 4 heterocycles. The van der Waals surface area contributed by atoms with Crippen molar-refractivity contribution >= 4 is 27.2 Å². The number of pyridine rings is 2. The minimum Gasteiger partial charge on any atom is -0.497 e. The van der Waals surface area contributed by atoms with E-state index >= 15 is 0 Å². The van der Waals surface area contributed by atoms with E-state index in [1.807, 2.05) is 0 Å². The highest BCUT2D eigenvalue weighted by Gasteiger charge is 2.39. The number of rotatable bonds is 4. The number of imidazole rings is 1. The molecule has 1 aliphatic rings. The average molecular weight is 440 g/mol. The fourth-order valence-corrected chi connectivity index (χ4v) is 4.38. The van der Waals surface area contributed by atoms with E-state index in [0.29, 0.717) is 11.9 Å². The largest absolute Gasteiger partial charge is 0.497 e. The van der Waals surface area contributed by atoms with Gasteiger partial charge in [-0.1, -0.05) is 6.92 Å². The van der Waals surface area contributed by atoms with Crippen molar-refractivity contribution in [2.24, 2.45) is 0 Å². The summed E-state index contributed by atoms with van der Waals surface area (Å²) < 4.78 is 71.0. The van der Waals surface area contributed by atoms with Crippen LogP contribution in [0, 0.1) is 0 Å². The molecular weight excluding hydrogens is 425 g/mol. The first-order chi connectivity index (χ1) is 14.1. The van der Waals surface area contributed by atoms with Crippen LogP contribution in [-0.2, 0) is 22.6 Å². The van der Waals surface area contributed by atoms with E-state index in [2.05, 4.69) is 9.97 Å². The Morgan fingerprint density at radius 1 is 1.27 bits per heavy atom. The Morgan fingerprint density at radius 2 is 2.00 bits per heavy atom. The maximum atomic E-state index is 13.0. The summed E-state index contributed by atoms with van der Waals surface area (Å²) in [6.45, 7) is 1.25. The molecule has 0 fully saturated rings. The molecule has 8 nitrogen and oxygen atoms in total. The average Bonchev–Trinajstić information content (AvgIpc) is 3.24. The fourth-order valence-electron chi connectivity index (χ4n) is 3.22. The molecule has 3 aromatic heterocycles. The second kappa shape index (κ2) is 6.69. The summed E-state index contributed by atoms with van der Waals surface area (Å²) in [5.41, 5.74) is -0.969. The van der Waals surface area contributed by atoms with E-state index in [4.69, 9.17) is 4.74 Å². The van der Waals surface area contributed by atoms with Gasteiger partial charge in [0.1, 0.15) is 11.4 Å². The van der Waals surface area contributed by atoms with E-state index in [1.54, 1.807) is 0 Å². The minimum absolute atomic E-state index is 0.113. The molecule has 0 saturated carbocycles. The van der Waals surface area contributed by atoms with Crippen LogP contribution < -0.4 is 9.64 Å². The third-order valence-electron chi connectivity index (χ3n) is 4.78. The van der Waals surface area contributed by atoms with Gasteiger partial charge >= 0.3 is 6.18 Å². The quantitative estimate of drug-likeness (QED) is 0.619. The Morgan fingerprint density at radius 3 is 2.63 bits per heavy atom. The lowest BCUT2D eigenvalue weighted by Gasteiger charge is -2.14. The van der Waals surface area contributed by atoms with Crippen molar-refractivity contribution in [3.63, 3.8) is 0 Å². The maximum absolute atomic E-state index is 13.0. The number of sulfone groups is 1. The number of methoxy groups -OCH3 is 1. The number of fused-ring (bicyclic) bond motifs is 2. The molecule has 1 aliphatic heterocycles. The molecule has 12 heteroatoms. The van der Waals surface area contributed by atoms with Gasteiger partial charge in [-0.25, -0.2) is 13.4 Å². The first-order valence-electron chi connectivity index (χ1n) is 8.73. The lowest BCUT2D eigenvalue weighted by Crippen LogP contribution is -2.26. The molecule has 0 radical (unpaired) electrons. The Balaban J connectivity index is 1.89. The lowest BCUT2D eigenvalue weighted by molar-refractivity contribution is -0.137. The smallest absolute Gasteiger partial charge is 0.417 e. The topological polar surface area (TPSA) is 93.9 Å². The number of hydrogen-bond acceptors (Lipinski definition) is 6. The molecule has 0 aromatic carbocycles. The molecular formula is C18H15F3N4O4S. The normalized spacial score (nSPS) is 14.4. The van der Waals surface area contributed by atoms with Gasteiger partial charge < -0.3 is 4.74 Å². The van der Waals surface area contributed by atoms with Crippen LogP contribution in [0.4, 0.5) is 19.0 Å². The Kier molecular flexibility index (Phi) is 4.49. The Hall–Kier alpha value is -3.15. The van der Waals surface area contributed by atoms with Crippen molar-refractivity contribution in [2.75, 3.05) is 17.8 Å². The summed E-state index contributed by atoms with van der Waals surface area (Å²) in [6.07, 6.45) is -2.57. The molecule has 0 saturated heterocycles. The van der Waals surface area contributed by atoms with Gasteiger partial charge in [0.2, 0.25) is 0 Å². The van der Waals surface area contributed by atoms with Crippen molar-refractivity contribution < 1.29 is 31.1 Å². The highest BCUT2D eigenvalue weighted by atomic mass is 32.2. The van der Waals surface area contributed by atoms with Gasteiger partial charge in [0.25, 0.3) is 5.91 Å². The molecule has 158 valence electrons. The summed E-state index contributed by atoms with van der Waals surface area (Å²) in [5, 5.41) is -0.222. The number of nitrogens with zero attached hydrogens (tertiary/aromatic N) is 4. The van der Waals surface area contributed by atoms with E-state index in [9.17, 15) is 26.4 Å². The van der Waals surface area contributed by atoms with Gasteiger partial charge in [-0.05, 0) is 12.1 Å². The van der Waals surface area contributed by atoms with Crippen molar-refractivity contribution in [3.8, 4) is 5.75 Å². The van der Waals surface area contributed by atoms with E-state index in [-0.39, 0.29) is 40.0 Å². The third-order valence-corrected chi connectivity index (χ3v) is 6.51. The zero-order valence-corrected chi connectivity index (χ0v) is 16.6. The van der Waals surface area contributed by atoms with Gasteiger partial charge in [-0.3, -0.25) is 19.1 Å². The summed E-state index contributed by atoms with van der Waals surface area (Å²) in [6, 6.07) is 3.74. The van der Waals surface area contributed by atoms with Crippen LogP contribution >= 0.6 is 0 Å². The van der Waals surface area contributed by atoms with Crippen LogP contribution in [0.1, 0.15) is 28.5 Å². The van der Waals surface area contributed by atoms with Crippen LogP contribution in [0.5, 0.6) is 5.75 Å². The van der Waals surface area contributed by atoms with Crippen LogP contribution in [0.3, 0.4) is 0 Å². The molecule has 0 aliphatic carbocycles. The zero-order valence-electron chi connectivity index (χ0n) is 15.8. The van der Waals surface area contributed by atoms with Crippen LogP contribution in [0.15, 0.2) is 35.6 Å². The van der Waals surface area contributed by atoms with Crippen molar-refractivity contribution in [3.05, 3.63) is 47.4 Å². The Bertz CT molecular complexity index is 1280. The van der Waals surface area contributed by atoms with E-state index in [1.165, 1.54) is 36.8 Å². The molecule has 3 aromatic rings. The minimum atomic E-state index is -4.66. The molecule has 4 rings (SSSR count). The molecule has 0 N–H and O–H groups in total. The van der Waals surface area contributed by atoms with Gasteiger partial charge in [0.15, 0.2) is 20.7 Å². The first kappa shape index (κ1) is 20.1. The highest BCUT2D eigenvalue weighted by Crippen LogP contribution is 2.36. The SMILES string of the molecule is CCS(=O)(=O)c1c(N2Cc3ncc(C(F)(F)F)cc3C2=O)nc2cc(OC)ccn12. The molecule has 0 bridgehead atoms. The van der Waals surface area contributed by atoms with Crippen molar-refractivity contribution in [1.29, 1.82) is 0 Å². The predicted molar refractivity (Wildman–Crippen MR) is 99.2 cm³/mol. The number of carbonyl (C=O) groups excluding carboxylic acids is 1. The number of alkyl halides is 3. The lowest BCUT2D eigenvalue weighted by atomic mass is 10.1. The highest BCUT2D eigenvalue weighted by molar-refractivity contribution is 7.91. The number of hydrogen-bond donors (Lipinski definition) is 0. The summed E-state index contributed by atoms with van der Waals surface area (Å²) >= 11 is 0. The third kappa shape index (κ3) is 3.07. The van der Waals surface area contributed by atoms with Crippen LogP contribution in [0.2, 0.25) is 0 Å². The summed E-state index contributed by atoms with van der Waals surface area (Å²) in [4.78, 5) is 22.0. The van der Waals surface area contributed by atoms with Gasteiger partial charge in [0.05, 0.1) is 36.2 Å². The first-order valence-corrected chi connectivity index (χ1v) is 10.4. The fraction of sp³-hybridized carbons (Fsp3) is 0.278. The zero-order chi connectivity index (χ0) is 21.8. The Labute approximate surface area is 168 Å². The summed E-state index contributed by atoms with van der Waals surface area (Å²) in [5.74, 6) is -0.800. The number of anilines is 1. The van der Waals surface area contributed by atoms with Crippen LogP contribution in [0.25, 0.3) is 5.65 Å². The van der Waals surface area contributed by atoms with Crippen molar-refractivity contribution in [2.45, 2.75) is 24.7 Å². The predicted octanol–water partition coefficient (Wildman–Crippen LogP) is 2.71. The molecule has 30 heavy (non-hydrogen) atoms. The standard InChI is InChI=1S/C18H15F3N4O4S/c1-3-30(27,28)17-15(23-14-7-11(29-2)4-5-24(14)17)25-9-13-12(16(25)26)6-10(8-22-13)18(19,20)21/h4-8H,3,9H2,1-2H3. The number of ether oxygens (including phenoxy) is 1.